The number of benzene rings is 2. The molecule has 0 amide bonds. The van der Waals surface area contributed by atoms with Gasteiger partial charge in [-0.1, -0.05) is 66.0 Å². The Kier molecular flexibility index (Phi) is 6.70. The van der Waals surface area contributed by atoms with Crippen LogP contribution in [0.2, 0.25) is 0 Å². The lowest BCUT2D eigenvalue weighted by atomic mass is 10.0. The van der Waals surface area contributed by atoms with Crippen LogP contribution in [0.5, 0.6) is 5.75 Å². The average molecular weight is 461 g/mol. The molecule has 1 atom stereocenters. The molecule has 1 aliphatic rings. The number of fused-ring (bicyclic) bond motifs is 1. The number of aromatic nitrogens is 1. The fraction of sp³-hybridized carbons (Fsp3) is 0.192. The normalized spacial score (nSPS) is 16.0. The van der Waals surface area contributed by atoms with Crippen molar-refractivity contribution in [2.45, 2.75) is 19.9 Å². The van der Waals surface area contributed by atoms with Gasteiger partial charge in [-0.25, -0.2) is 9.79 Å². The van der Waals surface area contributed by atoms with E-state index in [9.17, 15) is 9.59 Å². The molecule has 2 aromatic carbocycles. The van der Waals surface area contributed by atoms with E-state index in [0.717, 1.165) is 16.9 Å². The molecule has 6 nitrogen and oxygen atoms in total. The van der Waals surface area contributed by atoms with Gasteiger partial charge >= 0.3 is 5.97 Å². The summed E-state index contributed by atoms with van der Waals surface area (Å²) in [5.41, 5.74) is 2.56. The van der Waals surface area contributed by atoms with Crippen molar-refractivity contribution < 1.29 is 14.3 Å². The van der Waals surface area contributed by atoms with E-state index >= 15 is 0 Å². The smallest absolute Gasteiger partial charge is 0.338 e. The Hall–Kier alpha value is -3.71. The summed E-state index contributed by atoms with van der Waals surface area (Å²) >= 11 is 1.30. The maximum Gasteiger partial charge on any atom is 0.338 e. The second-order valence-corrected chi connectivity index (χ2v) is 8.40. The number of carbonyl (C=O) groups excluding carboxylic acids is 1. The fourth-order valence-electron chi connectivity index (χ4n) is 3.63. The van der Waals surface area contributed by atoms with E-state index in [1.807, 2.05) is 72.8 Å². The van der Waals surface area contributed by atoms with E-state index in [1.54, 1.807) is 25.5 Å². The predicted molar refractivity (Wildman–Crippen MR) is 130 cm³/mol. The van der Waals surface area contributed by atoms with Crippen LogP contribution in [0, 0.1) is 0 Å². The summed E-state index contributed by atoms with van der Waals surface area (Å²) in [5.74, 6) is 0.278. The average Bonchev–Trinajstić information content (AvgIpc) is 3.13. The van der Waals surface area contributed by atoms with Gasteiger partial charge in [-0.05, 0) is 43.2 Å². The molecule has 0 saturated carbocycles. The van der Waals surface area contributed by atoms with Crippen molar-refractivity contribution in [3.05, 3.63) is 103 Å². The molecule has 0 spiro atoms. The van der Waals surface area contributed by atoms with Crippen LogP contribution in [0.1, 0.15) is 31.0 Å². The predicted octanol–water partition coefficient (Wildman–Crippen LogP) is 3.47. The highest BCUT2D eigenvalue weighted by molar-refractivity contribution is 7.07. The monoisotopic (exact) mass is 460 g/mol. The van der Waals surface area contributed by atoms with Gasteiger partial charge in [0.2, 0.25) is 0 Å². The summed E-state index contributed by atoms with van der Waals surface area (Å²) in [7, 11) is 1.61. The number of ether oxygens (including phenoxy) is 2. The lowest BCUT2D eigenvalue weighted by Gasteiger charge is -2.21. The first-order chi connectivity index (χ1) is 16.0. The Balaban J connectivity index is 1.84. The van der Waals surface area contributed by atoms with Gasteiger partial charge in [0.25, 0.3) is 5.56 Å². The minimum absolute atomic E-state index is 0.202. The van der Waals surface area contributed by atoms with E-state index in [0.29, 0.717) is 20.6 Å². The number of esters is 1. The van der Waals surface area contributed by atoms with Gasteiger partial charge in [-0.2, -0.15) is 0 Å². The minimum atomic E-state index is -0.612. The van der Waals surface area contributed by atoms with Crippen LogP contribution in [0.15, 0.2) is 81.7 Å². The van der Waals surface area contributed by atoms with Crippen LogP contribution in [0.4, 0.5) is 0 Å². The van der Waals surface area contributed by atoms with Crippen molar-refractivity contribution in [3.8, 4) is 5.75 Å². The highest BCUT2D eigenvalue weighted by Crippen LogP contribution is 2.26. The molecular weight excluding hydrogens is 436 g/mol. The highest BCUT2D eigenvalue weighted by atomic mass is 32.1. The van der Waals surface area contributed by atoms with Crippen molar-refractivity contribution in [2.75, 3.05) is 13.7 Å². The van der Waals surface area contributed by atoms with Crippen LogP contribution in [0.25, 0.3) is 12.2 Å². The molecule has 7 heteroatoms. The van der Waals surface area contributed by atoms with Gasteiger partial charge in [0.1, 0.15) is 5.75 Å². The SMILES string of the molecule is CCOC(=O)C1=C(C)N=c2s/c(=C/c3ccc(OC)cc3)c(=O)n2[C@H]1/C=C/c1ccccc1. The molecule has 1 aliphatic heterocycles. The van der Waals surface area contributed by atoms with Gasteiger partial charge in [0.05, 0.1) is 35.6 Å². The van der Waals surface area contributed by atoms with Crippen molar-refractivity contribution in [1.29, 1.82) is 0 Å². The van der Waals surface area contributed by atoms with Crippen LogP contribution in [-0.2, 0) is 9.53 Å². The molecule has 0 saturated heterocycles. The third kappa shape index (κ3) is 4.73. The Bertz CT molecular complexity index is 1400. The number of carbonyl (C=O) groups is 1. The van der Waals surface area contributed by atoms with Crippen LogP contribution in [-0.4, -0.2) is 24.3 Å². The molecule has 1 aromatic heterocycles. The number of allylic oxidation sites excluding steroid dienone is 2. The van der Waals surface area contributed by atoms with E-state index in [-0.39, 0.29) is 12.2 Å². The third-order valence-electron chi connectivity index (χ3n) is 5.24. The van der Waals surface area contributed by atoms with Crippen LogP contribution < -0.4 is 19.6 Å². The largest absolute Gasteiger partial charge is 0.497 e. The maximum atomic E-state index is 13.4. The number of nitrogens with zero attached hydrogens (tertiary/aromatic N) is 2. The minimum Gasteiger partial charge on any atom is -0.497 e. The summed E-state index contributed by atoms with van der Waals surface area (Å²) in [6.07, 6.45) is 5.59. The Labute approximate surface area is 195 Å². The summed E-state index contributed by atoms with van der Waals surface area (Å²) in [4.78, 5) is 31.4. The number of methoxy groups -OCH3 is 1. The van der Waals surface area contributed by atoms with Gasteiger partial charge in [0.15, 0.2) is 4.80 Å². The topological polar surface area (TPSA) is 69.9 Å². The van der Waals surface area contributed by atoms with Gasteiger partial charge in [-0.15, -0.1) is 0 Å². The van der Waals surface area contributed by atoms with Crippen molar-refractivity contribution in [2.24, 2.45) is 4.99 Å². The van der Waals surface area contributed by atoms with Crippen molar-refractivity contribution >= 4 is 29.5 Å². The molecule has 0 bridgehead atoms. The number of hydrogen-bond donors (Lipinski definition) is 0. The van der Waals surface area contributed by atoms with E-state index in [2.05, 4.69) is 4.99 Å². The van der Waals surface area contributed by atoms with Gasteiger partial charge in [0, 0.05) is 0 Å². The van der Waals surface area contributed by atoms with Gasteiger partial charge in [-0.3, -0.25) is 9.36 Å². The Morgan fingerprint density at radius 3 is 2.52 bits per heavy atom. The van der Waals surface area contributed by atoms with Crippen LogP contribution in [0.3, 0.4) is 0 Å². The maximum absolute atomic E-state index is 13.4. The first kappa shape index (κ1) is 22.5. The second-order valence-electron chi connectivity index (χ2n) is 7.39. The van der Waals surface area contributed by atoms with Crippen molar-refractivity contribution in [3.63, 3.8) is 0 Å². The van der Waals surface area contributed by atoms with Crippen LogP contribution >= 0.6 is 11.3 Å². The second kappa shape index (κ2) is 9.83. The zero-order chi connectivity index (χ0) is 23.4. The number of thiazole rings is 1. The number of hydrogen-bond acceptors (Lipinski definition) is 6. The first-order valence-electron chi connectivity index (χ1n) is 10.6. The zero-order valence-corrected chi connectivity index (χ0v) is 19.5. The molecule has 0 fully saturated rings. The summed E-state index contributed by atoms with van der Waals surface area (Å²) in [6.45, 7) is 3.77. The molecule has 0 unspecified atom stereocenters. The van der Waals surface area contributed by atoms with Crippen molar-refractivity contribution in [1.82, 2.24) is 4.57 Å². The molecular formula is C26H24N2O4S. The Morgan fingerprint density at radius 2 is 1.85 bits per heavy atom. The molecule has 33 heavy (non-hydrogen) atoms. The van der Waals surface area contributed by atoms with E-state index < -0.39 is 12.0 Å². The molecule has 0 radical (unpaired) electrons. The Morgan fingerprint density at radius 1 is 1.12 bits per heavy atom. The lowest BCUT2D eigenvalue weighted by Crippen LogP contribution is -2.38. The lowest BCUT2D eigenvalue weighted by molar-refractivity contribution is -0.139. The third-order valence-corrected chi connectivity index (χ3v) is 6.23. The molecule has 0 N–H and O–H groups in total. The summed E-state index contributed by atoms with van der Waals surface area (Å²) in [6, 6.07) is 16.6. The standard InChI is InChI=1S/C26H24N2O4S/c1-4-32-25(30)23-17(2)27-26-28(21(23)15-12-18-8-6-5-7-9-18)24(29)22(33-26)16-19-10-13-20(31-3)14-11-19/h5-16,21H,4H2,1-3H3/b15-12+,22-16+/t21-/m0/s1. The molecule has 4 rings (SSSR count). The first-order valence-corrected chi connectivity index (χ1v) is 11.4. The van der Waals surface area contributed by atoms with E-state index in [4.69, 9.17) is 9.47 Å². The number of rotatable bonds is 6. The quantitative estimate of drug-likeness (QED) is 0.528. The molecule has 0 aliphatic carbocycles. The molecule has 3 aromatic rings. The summed E-state index contributed by atoms with van der Waals surface area (Å²) in [5, 5.41) is 0. The fourth-order valence-corrected chi connectivity index (χ4v) is 4.69. The summed E-state index contributed by atoms with van der Waals surface area (Å²) < 4.78 is 12.6. The molecule has 168 valence electrons. The zero-order valence-electron chi connectivity index (χ0n) is 18.6. The van der Waals surface area contributed by atoms with E-state index in [1.165, 1.54) is 11.3 Å². The molecule has 2 heterocycles. The van der Waals surface area contributed by atoms with Gasteiger partial charge < -0.3 is 9.47 Å². The highest BCUT2D eigenvalue weighted by Gasteiger charge is 2.30.